The number of hydrogen-bond donors (Lipinski definition) is 1. The molecule has 0 heterocycles. The minimum Gasteiger partial charge on any atom is -0.372 e. The Kier molecular flexibility index (Phi) is 5.26. The van der Waals surface area contributed by atoms with Gasteiger partial charge in [-0.1, -0.05) is 37.6 Å². The van der Waals surface area contributed by atoms with Gasteiger partial charge in [-0.3, -0.25) is 4.79 Å². The molecule has 1 N–H and O–H groups in total. The molecule has 3 unspecified atom stereocenters. The van der Waals surface area contributed by atoms with Crippen molar-refractivity contribution in [3.8, 4) is 0 Å². The van der Waals surface area contributed by atoms with Crippen molar-refractivity contribution >= 4 is 27.4 Å². The molecule has 2 aliphatic carbocycles. The van der Waals surface area contributed by atoms with Crippen LogP contribution in [0.25, 0.3) is 0 Å². The largest absolute Gasteiger partial charge is 0.372 e. The first kappa shape index (κ1) is 20.8. The quantitative estimate of drug-likeness (QED) is 0.742. The van der Waals surface area contributed by atoms with Gasteiger partial charge in [0.25, 0.3) is 0 Å². The van der Waals surface area contributed by atoms with Crippen molar-refractivity contribution in [1.82, 2.24) is 4.72 Å². The maximum Gasteiger partial charge on any atom is 0.212 e. The Morgan fingerprint density at radius 3 is 2.59 bits per heavy atom. The first-order valence-corrected chi connectivity index (χ1v) is 11.3. The second-order valence-corrected chi connectivity index (χ2v) is 10.9. The number of nitrogens with one attached hydrogen (secondary N) is 1. The van der Waals surface area contributed by atoms with Gasteiger partial charge in [0, 0.05) is 30.5 Å². The van der Waals surface area contributed by atoms with Crippen LogP contribution in [0.4, 0.5) is 0 Å². The predicted molar refractivity (Wildman–Crippen MR) is 106 cm³/mol. The molecule has 2 aliphatic rings. The van der Waals surface area contributed by atoms with Crippen molar-refractivity contribution < 1.29 is 17.9 Å². The SMILES string of the molecule is COC(C)(CNS(=O)(=O)CC12CCC(CC1=O)C2(C)C)c1cccc(Cl)c1. The van der Waals surface area contributed by atoms with Crippen LogP contribution in [-0.2, 0) is 25.2 Å². The molecule has 5 nitrogen and oxygen atoms in total. The Balaban J connectivity index is 1.78. The molecule has 1 aromatic carbocycles. The molecule has 3 rings (SSSR count). The summed E-state index contributed by atoms with van der Waals surface area (Å²) in [6.45, 7) is 5.96. The minimum atomic E-state index is -3.66. The van der Waals surface area contributed by atoms with Gasteiger partial charge in [-0.05, 0) is 48.8 Å². The van der Waals surface area contributed by atoms with Gasteiger partial charge >= 0.3 is 0 Å². The summed E-state index contributed by atoms with van der Waals surface area (Å²) in [7, 11) is -2.12. The Bertz CT molecular complexity index is 853. The average molecular weight is 414 g/mol. The van der Waals surface area contributed by atoms with Crippen LogP contribution < -0.4 is 4.72 Å². The number of benzene rings is 1. The molecule has 0 spiro atoms. The standard InChI is InChI=1S/C20H28ClNO4S/c1-18(2)14-8-9-20(18,17(23)11-14)13-27(24,25)22-12-19(3,26-4)15-6-5-7-16(21)10-15/h5-7,10,14,22H,8-9,11-13H2,1-4H3. The first-order chi connectivity index (χ1) is 12.5. The Morgan fingerprint density at radius 1 is 1.37 bits per heavy atom. The van der Waals surface area contributed by atoms with Crippen LogP contribution in [0.3, 0.4) is 0 Å². The third-order valence-electron chi connectivity index (χ3n) is 7.09. The molecule has 0 aliphatic heterocycles. The second kappa shape index (κ2) is 6.83. The molecule has 2 saturated carbocycles. The lowest BCUT2D eigenvalue weighted by atomic mass is 9.70. The molecule has 2 bridgehead atoms. The summed E-state index contributed by atoms with van der Waals surface area (Å²) in [5.41, 5.74) is -1.13. The molecule has 1 aromatic rings. The molecule has 0 aromatic heterocycles. The van der Waals surface area contributed by atoms with Crippen LogP contribution in [0.5, 0.6) is 0 Å². The third kappa shape index (κ3) is 3.46. The number of methoxy groups -OCH3 is 1. The highest BCUT2D eigenvalue weighted by Crippen LogP contribution is 2.64. The molecular weight excluding hydrogens is 386 g/mol. The molecular formula is C20H28ClNO4S. The van der Waals surface area contributed by atoms with Gasteiger partial charge in [-0.15, -0.1) is 0 Å². The number of sulfonamides is 1. The van der Waals surface area contributed by atoms with Crippen molar-refractivity contribution in [3.05, 3.63) is 34.9 Å². The van der Waals surface area contributed by atoms with E-state index in [1.54, 1.807) is 25.3 Å². The lowest BCUT2D eigenvalue weighted by Gasteiger charge is -2.36. The zero-order valence-corrected chi connectivity index (χ0v) is 17.9. The second-order valence-electron chi connectivity index (χ2n) is 8.69. The Hall–Kier alpha value is -0.950. The number of Topliss-reactive ketones (excluding diaryl/α,β-unsaturated/α-hetero) is 1. The topological polar surface area (TPSA) is 72.5 Å². The third-order valence-corrected chi connectivity index (χ3v) is 8.78. The van der Waals surface area contributed by atoms with Crippen molar-refractivity contribution in [2.75, 3.05) is 19.4 Å². The van der Waals surface area contributed by atoms with E-state index in [0.717, 1.165) is 12.0 Å². The van der Waals surface area contributed by atoms with Gasteiger partial charge in [0.1, 0.15) is 11.4 Å². The van der Waals surface area contributed by atoms with Crippen molar-refractivity contribution in [3.63, 3.8) is 0 Å². The average Bonchev–Trinajstić information content (AvgIpc) is 2.93. The lowest BCUT2D eigenvalue weighted by molar-refractivity contribution is -0.128. The van der Waals surface area contributed by atoms with E-state index in [9.17, 15) is 13.2 Å². The lowest BCUT2D eigenvalue weighted by Crippen LogP contribution is -2.48. The zero-order valence-electron chi connectivity index (χ0n) is 16.3. The fourth-order valence-electron chi connectivity index (χ4n) is 4.84. The smallest absolute Gasteiger partial charge is 0.212 e. The van der Waals surface area contributed by atoms with Crippen molar-refractivity contribution in [2.24, 2.45) is 16.7 Å². The predicted octanol–water partition coefficient (Wildman–Crippen LogP) is 3.52. The van der Waals surface area contributed by atoms with E-state index in [0.29, 0.717) is 17.9 Å². The van der Waals surface area contributed by atoms with Gasteiger partial charge in [0.2, 0.25) is 10.0 Å². The monoisotopic (exact) mass is 413 g/mol. The first-order valence-electron chi connectivity index (χ1n) is 9.28. The number of halogens is 1. The zero-order chi connectivity index (χ0) is 20.1. The number of carbonyl (C=O) groups excluding carboxylic acids is 1. The van der Waals surface area contributed by atoms with Gasteiger partial charge in [0.15, 0.2) is 0 Å². The Morgan fingerprint density at radius 2 is 2.07 bits per heavy atom. The summed E-state index contributed by atoms with van der Waals surface area (Å²) in [5, 5.41) is 0.563. The van der Waals surface area contributed by atoms with Crippen LogP contribution >= 0.6 is 11.6 Å². The molecule has 0 radical (unpaired) electrons. The number of ether oxygens (including phenoxy) is 1. The van der Waals surface area contributed by atoms with Crippen LogP contribution in [0.1, 0.15) is 45.6 Å². The summed E-state index contributed by atoms with van der Waals surface area (Å²) < 4.78 is 34.1. The van der Waals surface area contributed by atoms with Crippen LogP contribution in [0, 0.1) is 16.7 Å². The highest BCUT2D eigenvalue weighted by atomic mass is 35.5. The van der Waals surface area contributed by atoms with E-state index >= 15 is 0 Å². The van der Waals surface area contributed by atoms with Crippen LogP contribution in [0.15, 0.2) is 24.3 Å². The molecule has 150 valence electrons. The van der Waals surface area contributed by atoms with Gasteiger partial charge in [-0.25, -0.2) is 13.1 Å². The van der Waals surface area contributed by atoms with E-state index in [-0.39, 0.29) is 29.4 Å². The molecule has 2 fully saturated rings. The minimum absolute atomic E-state index is 0.0697. The summed E-state index contributed by atoms with van der Waals surface area (Å²) >= 11 is 6.07. The van der Waals surface area contributed by atoms with E-state index in [1.807, 2.05) is 26.8 Å². The fraction of sp³-hybridized carbons (Fsp3) is 0.650. The van der Waals surface area contributed by atoms with Gasteiger partial charge in [-0.2, -0.15) is 0 Å². The molecule has 3 atom stereocenters. The van der Waals surface area contributed by atoms with Crippen LogP contribution in [0.2, 0.25) is 5.02 Å². The number of hydrogen-bond acceptors (Lipinski definition) is 4. The number of rotatable bonds is 7. The summed E-state index contributed by atoms with van der Waals surface area (Å²) in [5.74, 6) is 0.229. The maximum absolute atomic E-state index is 12.9. The van der Waals surface area contributed by atoms with Gasteiger partial charge < -0.3 is 4.74 Å². The highest BCUT2D eigenvalue weighted by molar-refractivity contribution is 7.89. The molecule has 0 amide bonds. The van der Waals surface area contributed by atoms with E-state index < -0.39 is 21.0 Å². The van der Waals surface area contributed by atoms with Crippen molar-refractivity contribution in [2.45, 2.75) is 45.6 Å². The summed E-state index contributed by atoms with van der Waals surface area (Å²) in [6, 6.07) is 7.19. The molecule has 0 saturated heterocycles. The molecule has 7 heteroatoms. The summed E-state index contributed by atoms with van der Waals surface area (Å²) in [6.07, 6.45) is 2.08. The number of carbonyl (C=O) groups is 1. The maximum atomic E-state index is 12.9. The number of fused-ring (bicyclic) bond motifs is 2. The van der Waals surface area contributed by atoms with Gasteiger partial charge in [0.05, 0.1) is 5.75 Å². The molecule has 27 heavy (non-hydrogen) atoms. The number of ketones is 1. The normalized spacial score (nSPS) is 29.1. The highest BCUT2D eigenvalue weighted by Gasteiger charge is 2.65. The fourth-order valence-corrected chi connectivity index (χ4v) is 6.95. The summed E-state index contributed by atoms with van der Waals surface area (Å²) in [4.78, 5) is 12.6. The van der Waals surface area contributed by atoms with Crippen LogP contribution in [-0.4, -0.2) is 33.6 Å². The van der Waals surface area contributed by atoms with Crippen molar-refractivity contribution in [1.29, 1.82) is 0 Å². The van der Waals surface area contributed by atoms with E-state index in [2.05, 4.69) is 4.72 Å². The van der Waals surface area contributed by atoms with E-state index in [4.69, 9.17) is 16.3 Å². The van der Waals surface area contributed by atoms with E-state index in [1.165, 1.54) is 0 Å². The Labute approximate surface area is 166 Å².